The number of rotatable bonds is 8. The van der Waals surface area contributed by atoms with E-state index in [0.717, 1.165) is 63.7 Å². The number of carboxylic acids is 1. The van der Waals surface area contributed by atoms with Gasteiger partial charge in [-0.15, -0.1) is 0 Å². The standard InChI is InChI=1S/C20H30Cl2N2O2/c1-2-3-4-10-20(23,19(25)26)16-6-5-11-24(12-9-16)14-15-7-8-17(21)18(22)13-15/h7-8,13,16H,2-6,9-12,14,23H2,1H3,(H,25,26). The molecule has 0 radical (unpaired) electrons. The molecule has 0 amide bonds. The zero-order valence-corrected chi connectivity index (χ0v) is 17.0. The smallest absolute Gasteiger partial charge is 0.323 e. The van der Waals surface area contributed by atoms with E-state index in [9.17, 15) is 9.90 Å². The van der Waals surface area contributed by atoms with Crippen LogP contribution in [0.5, 0.6) is 0 Å². The molecule has 2 unspecified atom stereocenters. The Balaban J connectivity index is 1.99. The van der Waals surface area contributed by atoms with Crippen molar-refractivity contribution in [2.24, 2.45) is 11.7 Å². The Morgan fingerprint density at radius 2 is 2.04 bits per heavy atom. The van der Waals surface area contributed by atoms with Crippen LogP contribution in [0.2, 0.25) is 10.0 Å². The summed E-state index contributed by atoms with van der Waals surface area (Å²) in [6.45, 7) is 4.71. The highest BCUT2D eigenvalue weighted by molar-refractivity contribution is 6.42. The molecule has 1 aliphatic rings. The number of likely N-dealkylation sites (tertiary alicyclic amines) is 1. The van der Waals surface area contributed by atoms with Crippen molar-refractivity contribution in [3.8, 4) is 0 Å². The second-order valence-corrected chi connectivity index (χ2v) is 8.27. The third kappa shape index (κ3) is 5.59. The maximum absolute atomic E-state index is 11.9. The maximum atomic E-state index is 11.9. The predicted octanol–water partition coefficient (Wildman–Crippen LogP) is 4.96. The van der Waals surface area contributed by atoms with Crippen molar-refractivity contribution in [2.45, 2.75) is 64.0 Å². The van der Waals surface area contributed by atoms with Crippen molar-refractivity contribution in [3.63, 3.8) is 0 Å². The van der Waals surface area contributed by atoms with E-state index < -0.39 is 11.5 Å². The number of aliphatic carboxylic acids is 1. The highest BCUT2D eigenvalue weighted by Crippen LogP contribution is 2.32. The number of halogens is 2. The Labute approximate surface area is 166 Å². The lowest BCUT2D eigenvalue weighted by Gasteiger charge is -2.33. The van der Waals surface area contributed by atoms with Gasteiger partial charge in [-0.25, -0.2) is 0 Å². The summed E-state index contributed by atoms with van der Waals surface area (Å²) in [6.07, 6.45) is 6.19. The quantitative estimate of drug-likeness (QED) is 0.605. The highest BCUT2D eigenvalue weighted by Gasteiger charge is 2.41. The van der Waals surface area contributed by atoms with Gasteiger partial charge in [-0.3, -0.25) is 9.69 Å². The molecule has 0 aromatic heterocycles. The van der Waals surface area contributed by atoms with E-state index in [-0.39, 0.29) is 5.92 Å². The lowest BCUT2D eigenvalue weighted by Crippen LogP contribution is -2.54. The monoisotopic (exact) mass is 400 g/mol. The number of carbonyl (C=O) groups is 1. The fraction of sp³-hybridized carbons (Fsp3) is 0.650. The molecule has 1 aliphatic heterocycles. The number of carboxylic acid groups (broad SMARTS) is 1. The minimum absolute atomic E-state index is 0.0238. The molecule has 0 bridgehead atoms. The zero-order chi connectivity index (χ0) is 19.2. The minimum atomic E-state index is -1.10. The molecule has 1 aromatic carbocycles. The number of nitrogens with two attached hydrogens (primary N) is 1. The van der Waals surface area contributed by atoms with Gasteiger partial charge in [0.2, 0.25) is 0 Å². The minimum Gasteiger partial charge on any atom is -0.480 e. The summed E-state index contributed by atoms with van der Waals surface area (Å²) in [4.78, 5) is 14.3. The topological polar surface area (TPSA) is 66.6 Å². The molecule has 146 valence electrons. The van der Waals surface area contributed by atoms with Crippen LogP contribution in [0, 0.1) is 5.92 Å². The summed E-state index contributed by atoms with van der Waals surface area (Å²) >= 11 is 12.1. The van der Waals surface area contributed by atoms with Crippen molar-refractivity contribution >= 4 is 29.2 Å². The average Bonchev–Trinajstić information content (AvgIpc) is 2.84. The fourth-order valence-electron chi connectivity index (χ4n) is 3.88. The lowest BCUT2D eigenvalue weighted by atomic mass is 9.76. The second-order valence-electron chi connectivity index (χ2n) is 7.46. The summed E-state index contributed by atoms with van der Waals surface area (Å²) in [6, 6.07) is 5.72. The van der Waals surface area contributed by atoms with Crippen LogP contribution in [0.15, 0.2) is 18.2 Å². The molecule has 6 heteroatoms. The maximum Gasteiger partial charge on any atom is 0.323 e. The summed E-state index contributed by atoms with van der Waals surface area (Å²) < 4.78 is 0. The van der Waals surface area contributed by atoms with Crippen LogP contribution in [-0.2, 0) is 11.3 Å². The Hall–Kier alpha value is -0.810. The second kappa shape index (κ2) is 9.93. The molecule has 0 aliphatic carbocycles. The van der Waals surface area contributed by atoms with Crippen LogP contribution in [0.25, 0.3) is 0 Å². The van der Waals surface area contributed by atoms with Crippen molar-refractivity contribution in [3.05, 3.63) is 33.8 Å². The van der Waals surface area contributed by atoms with Gasteiger partial charge in [0.1, 0.15) is 5.54 Å². The Morgan fingerprint density at radius 3 is 2.69 bits per heavy atom. The Bertz CT molecular complexity index is 611. The van der Waals surface area contributed by atoms with E-state index in [4.69, 9.17) is 28.9 Å². The molecule has 3 N–H and O–H groups in total. The summed E-state index contributed by atoms with van der Waals surface area (Å²) in [7, 11) is 0. The van der Waals surface area contributed by atoms with Crippen molar-refractivity contribution < 1.29 is 9.90 Å². The predicted molar refractivity (Wildman–Crippen MR) is 108 cm³/mol. The molecule has 1 aromatic rings. The molecule has 0 spiro atoms. The van der Waals surface area contributed by atoms with E-state index in [2.05, 4.69) is 11.8 Å². The van der Waals surface area contributed by atoms with E-state index in [1.165, 1.54) is 0 Å². The fourth-order valence-corrected chi connectivity index (χ4v) is 4.20. The third-order valence-electron chi connectivity index (χ3n) is 5.53. The summed E-state index contributed by atoms with van der Waals surface area (Å²) in [5, 5.41) is 10.9. The molecule has 2 rings (SSSR count). The molecule has 2 atom stereocenters. The van der Waals surface area contributed by atoms with E-state index >= 15 is 0 Å². The van der Waals surface area contributed by atoms with E-state index in [0.29, 0.717) is 16.5 Å². The third-order valence-corrected chi connectivity index (χ3v) is 6.27. The Morgan fingerprint density at radius 1 is 1.27 bits per heavy atom. The summed E-state index contributed by atoms with van der Waals surface area (Å²) in [5.74, 6) is -0.827. The number of unbranched alkanes of at least 4 members (excludes halogenated alkanes) is 2. The molecule has 4 nitrogen and oxygen atoms in total. The van der Waals surface area contributed by atoms with E-state index in [1.54, 1.807) is 0 Å². The molecular weight excluding hydrogens is 371 g/mol. The largest absolute Gasteiger partial charge is 0.480 e. The van der Waals surface area contributed by atoms with Gasteiger partial charge < -0.3 is 10.8 Å². The van der Waals surface area contributed by atoms with Crippen LogP contribution in [0.4, 0.5) is 0 Å². The molecule has 0 saturated carbocycles. The van der Waals surface area contributed by atoms with Gasteiger partial charge in [0, 0.05) is 6.54 Å². The van der Waals surface area contributed by atoms with Crippen molar-refractivity contribution in [2.75, 3.05) is 13.1 Å². The zero-order valence-electron chi connectivity index (χ0n) is 15.5. The highest BCUT2D eigenvalue weighted by atomic mass is 35.5. The van der Waals surface area contributed by atoms with Crippen LogP contribution >= 0.6 is 23.2 Å². The molecule has 1 heterocycles. The number of nitrogens with zero attached hydrogens (tertiary/aromatic N) is 1. The van der Waals surface area contributed by atoms with Gasteiger partial charge >= 0.3 is 5.97 Å². The van der Waals surface area contributed by atoms with Crippen LogP contribution in [-0.4, -0.2) is 34.6 Å². The lowest BCUT2D eigenvalue weighted by molar-refractivity contribution is -0.146. The van der Waals surface area contributed by atoms with Crippen molar-refractivity contribution in [1.82, 2.24) is 4.90 Å². The average molecular weight is 401 g/mol. The first-order valence-corrected chi connectivity index (χ1v) is 10.3. The van der Waals surface area contributed by atoms with Crippen molar-refractivity contribution in [1.29, 1.82) is 0 Å². The van der Waals surface area contributed by atoms with Gasteiger partial charge in [-0.2, -0.15) is 0 Å². The van der Waals surface area contributed by atoms with Crippen LogP contribution in [0.3, 0.4) is 0 Å². The van der Waals surface area contributed by atoms with Gasteiger partial charge in [0.05, 0.1) is 10.0 Å². The normalized spacial score (nSPS) is 21.2. The molecule has 1 saturated heterocycles. The van der Waals surface area contributed by atoms with E-state index in [1.807, 2.05) is 18.2 Å². The molecule has 1 fully saturated rings. The SMILES string of the molecule is CCCCCC(N)(C(=O)O)C1CCCN(Cc2ccc(Cl)c(Cl)c2)CC1. The molecule has 26 heavy (non-hydrogen) atoms. The number of benzene rings is 1. The first-order valence-electron chi connectivity index (χ1n) is 9.55. The van der Waals surface area contributed by atoms with Gasteiger partial charge in [0.25, 0.3) is 0 Å². The first kappa shape index (κ1) is 21.5. The summed E-state index contributed by atoms with van der Waals surface area (Å²) in [5.41, 5.74) is 6.43. The first-order chi connectivity index (χ1) is 12.4. The van der Waals surface area contributed by atoms with Gasteiger partial charge in [-0.1, -0.05) is 55.5 Å². The van der Waals surface area contributed by atoms with Gasteiger partial charge in [0.15, 0.2) is 0 Å². The molecular formula is C20H30Cl2N2O2. The Kier molecular flexibility index (Phi) is 8.21. The number of hydrogen-bond acceptors (Lipinski definition) is 3. The van der Waals surface area contributed by atoms with Gasteiger partial charge in [-0.05, 0) is 62.4 Å². The van der Waals surface area contributed by atoms with Crippen LogP contribution in [0.1, 0.15) is 57.4 Å². The van der Waals surface area contributed by atoms with Crippen LogP contribution < -0.4 is 5.73 Å². The number of hydrogen-bond donors (Lipinski definition) is 2.